The molecule has 80 valence electrons. The second-order valence-corrected chi connectivity index (χ2v) is 4.12. The highest BCUT2D eigenvalue weighted by atomic mass is 35.5. The van der Waals surface area contributed by atoms with Crippen molar-refractivity contribution in [2.24, 2.45) is 0 Å². The van der Waals surface area contributed by atoms with Crippen molar-refractivity contribution < 1.29 is 9.90 Å². The average molecular weight is 286 g/mol. The number of benzene rings is 1. The molecule has 0 saturated heterocycles. The van der Waals surface area contributed by atoms with Crippen LogP contribution >= 0.6 is 46.4 Å². The van der Waals surface area contributed by atoms with Crippen molar-refractivity contribution in [1.82, 2.24) is 0 Å². The first-order chi connectivity index (χ1) is 6.93. The fourth-order valence-electron chi connectivity index (χ4n) is 0.888. The van der Waals surface area contributed by atoms with Crippen molar-refractivity contribution in [2.75, 3.05) is 0 Å². The van der Waals surface area contributed by atoms with Crippen LogP contribution in [0, 0.1) is 0 Å². The first-order valence-electron chi connectivity index (χ1n) is 3.67. The van der Waals surface area contributed by atoms with Crippen LogP contribution in [0.4, 0.5) is 0 Å². The highest BCUT2D eigenvalue weighted by Crippen LogP contribution is 2.37. The third kappa shape index (κ3) is 3.02. The van der Waals surface area contributed by atoms with Gasteiger partial charge in [0.2, 0.25) is 0 Å². The minimum absolute atomic E-state index is 0.131. The maximum absolute atomic E-state index is 10.3. The number of carboxylic acid groups (broad SMARTS) is 1. The van der Waals surface area contributed by atoms with Crippen LogP contribution in [0.5, 0.6) is 0 Å². The fourth-order valence-corrected chi connectivity index (χ4v) is 1.93. The Bertz CT molecular complexity index is 440. The number of aliphatic carboxylic acids is 1. The van der Waals surface area contributed by atoms with Crippen molar-refractivity contribution in [2.45, 2.75) is 0 Å². The first kappa shape index (κ1) is 12.7. The molecule has 1 N–H and O–H groups in total. The molecule has 0 aromatic heterocycles. The van der Waals surface area contributed by atoms with E-state index in [4.69, 9.17) is 51.5 Å². The van der Waals surface area contributed by atoms with E-state index < -0.39 is 5.97 Å². The summed E-state index contributed by atoms with van der Waals surface area (Å²) in [7, 11) is 0. The van der Waals surface area contributed by atoms with Gasteiger partial charge in [0, 0.05) is 11.6 Å². The molecule has 0 unspecified atom stereocenters. The normalized spacial score (nSPS) is 10.9. The van der Waals surface area contributed by atoms with Gasteiger partial charge in [-0.3, -0.25) is 0 Å². The van der Waals surface area contributed by atoms with E-state index in [1.807, 2.05) is 0 Å². The van der Waals surface area contributed by atoms with E-state index in [1.165, 1.54) is 12.1 Å². The first-order valence-corrected chi connectivity index (χ1v) is 5.18. The third-order valence-electron chi connectivity index (χ3n) is 1.54. The van der Waals surface area contributed by atoms with E-state index in [-0.39, 0.29) is 20.1 Å². The van der Waals surface area contributed by atoms with Gasteiger partial charge < -0.3 is 5.11 Å². The molecule has 1 aromatic carbocycles. The topological polar surface area (TPSA) is 37.3 Å². The molecule has 0 amide bonds. The van der Waals surface area contributed by atoms with Crippen LogP contribution in [0.25, 0.3) is 6.08 Å². The summed E-state index contributed by atoms with van der Waals surface area (Å²) in [5, 5.41) is 9.19. The molecular weight excluding hydrogens is 282 g/mol. The zero-order chi connectivity index (χ0) is 11.6. The molecule has 0 radical (unpaired) electrons. The van der Waals surface area contributed by atoms with Crippen LogP contribution in [-0.2, 0) is 4.79 Å². The molecular formula is C9H4Cl4O2. The summed E-state index contributed by atoms with van der Waals surface area (Å²) >= 11 is 23.1. The Labute approximate surface area is 106 Å². The van der Waals surface area contributed by atoms with Gasteiger partial charge >= 0.3 is 5.97 Å². The van der Waals surface area contributed by atoms with Crippen LogP contribution in [0.1, 0.15) is 5.56 Å². The monoisotopic (exact) mass is 284 g/mol. The summed E-state index contributed by atoms with van der Waals surface area (Å²) in [6.07, 6.45) is 2.17. The lowest BCUT2D eigenvalue weighted by Gasteiger charge is -2.05. The molecule has 15 heavy (non-hydrogen) atoms. The zero-order valence-corrected chi connectivity index (χ0v) is 10.1. The van der Waals surface area contributed by atoms with Crippen LogP contribution in [0.15, 0.2) is 12.1 Å². The molecule has 2 nitrogen and oxygen atoms in total. The van der Waals surface area contributed by atoms with Gasteiger partial charge in [-0.2, -0.15) is 0 Å². The zero-order valence-electron chi connectivity index (χ0n) is 7.10. The Morgan fingerprint density at radius 3 is 2.27 bits per heavy atom. The second kappa shape index (κ2) is 5.08. The van der Waals surface area contributed by atoms with Crippen molar-refractivity contribution in [1.29, 1.82) is 0 Å². The summed E-state index contributed by atoms with van der Waals surface area (Å²) in [4.78, 5) is 10.3. The Kier molecular flexibility index (Phi) is 4.29. The highest BCUT2D eigenvalue weighted by Gasteiger charge is 2.11. The summed E-state index contributed by atoms with van der Waals surface area (Å²) in [6.45, 7) is 0. The van der Waals surface area contributed by atoms with Crippen molar-refractivity contribution in [3.05, 3.63) is 37.8 Å². The number of rotatable bonds is 2. The number of hydrogen-bond donors (Lipinski definition) is 1. The van der Waals surface area contributed by atoms with E-state index in [9.17, 15) is 4.79 Å². The standard InChI is InChI=1S/C9H4Cl4O2/c10-5-3-6(11)9(13)8(12)4(5)1-2-7(14)15/h1-3H,(H,14,15)/b2-1+. The molecule has 1 aromatic rings. The van der Waals surface area contributed by atoms with Gasteiger partial charge in [-0.1, -0.05) is 46.4 Å². The number of hydrogen-bond acceptors (Lipinski definition) is 1. The minimum Gasteiger partial charge on any atom is -0.478 e. The maximum atomic E-state index is 10.3. The molecule has 0 spiro atoms. The Balaban J connectivity index is 3.30. The summed E-state index contributed by atoms with van der Waals surface area (Å²) in [5.41, 5.74) is 0.329. The van der Waals surface area contributed by atoms with Crippen molar-refractivity contribution in [3.63, 3.8) is 0 Å². The third-order valence-corrected chi connectivity index (χ3v) is 3.13. The predicted molar refractivity (Wildman–Crippen MR) is 63.2 cm³/mol. The van der Waals surface area contributed by atoms with Gasteiger partial charge in [0.25, 0.3) is 0 Å². The molecule has 0 aliphatic heterocycles. The molecule has 0 aliphatic rings. The van der Waals surface area contributed by atoms with E-state index in [1.54, 1.807) is 0 Å². The Morgan fingerprint density at radius 2 is 1.73 bits per heavy atom. The van der Waals surface area contributed by atoms with Crippen molar-refractivity contribution in [3.8, 4) is 0 Å². The molecule has 0 atom stereocenters. The minimum atomic E-state index is -1.10. The molecule has 0 aliphatic carbocycles. The molecule has 0 bridgehead atoms. The van der Waals surface area contributed by atoms with Crippen LogP contribution in [0.2, 0.25) is 20.1 Å². The van der Waals surface area contributed by atoms with Crippen LogP contribution < -0.4 is 0 Å². The maximum Gasteiger partial charge on any atom is 0.328 e. The van der Waals surface area contributed by atoms with Crippen molar-refractivity contribution >= 4 is 58.4 Å². The quantitative estimate of drug-likeness (QED) is 0.497. The number of halogens is 4. The van der Waals surface area contributed by atoms with Gasteiger partial charge in [0.1, 0.15) is 0 Å². The lowest BCUT2D eigenvalue weighted by Crippen LogP contribution is -1.87. The van der Waals surface area contributed by atoms with Gasteiger partial charge in [0.15, 0.2) is 0 Å². The molecule has 0 saturated carbocycles. The van der Waals surface area contributed by atoms with Gasteiger partial charge in [-0.25, -0.2) is 4.79 Å². The lowest BCUT2D eigenvalue weighted by molar-refractivity contribution is -0.131. The average Bonchev–Trinajstić information content (AvgIpc) is 2.14. The fraction of sp³-hybridized carbons (Fsp3) is 0. The van der Waals surface area contributed by atoms with Crippen LogP contribution in [-0.4, -0.2) is 11.1 Å². The van der Waals surface area contributed by atoms with E-state index in [0.717, 1.165) is 6.08 Å². The predicted octanol–water partition coefficient (Wildman–Crippen LogP) is 4.40. The SMILES string of the molecule is O=C(O)/C=C/c1c(Cl)cc(Cl)c(Cl)c1Cl. The highest BCUT2D eigenvalue weighted by molar-refractivity contribution is 6.50. The molecule has 6 heteroatoms. The smallest absolute Gasteiger partial charge is 0.328 e. The Hall–Kier alpha value is -0.410. The van der Waals surface area contributed by atoms with E-state index >= 15 is 0 Å². The second-order valence-electron chi connectivity index (χ2n) is 2.55. The largest absolute Gasteiger partial charge is 0.478 e. The summed E-state index contributed by atoms with van der Waals surface area (Å²) < 4.78 is 0. The molecule has 0 heterocycles. The van der Waals surface area contributed by atoms with E-state index in [2.05, 4.69) is 0 Å². The molecule has 0 fully saturated rings. The number of carbonyl (C=O) groups is 1. The molecule has 1 rings (SSSR count). The van der Waals surface area contributed by atoms with Gasteiger partial charge in [-0.05, 0) is 12.1 Å². The summed E-state index contributed by atoms with van der Waals surface area (Å²) in [6, 6.07) is 1.40. The van der Waals surface area contributed by atoms with Gasteiger partial charge in [0.05, 0.1) is 20.1 Å². The lowest BCUT2D eigenvalue weighted by atomic mass is 10.2. The number of carboxylic acids is 1. The van der Waals surface area contributed by atoms with Crippen LogP contribution in [0.3, 0.4) is 0 Å². The Morgan fingerprint density at radius 1 is 1.13 bits per heavy atom. The summed E-state index contributed by atoms with van der Waals surface area (Å²) in [5.74, 6) is -1.10. The van der Waals surface area contributed by atoms with E-state index in [0.29, 0.717) is 5.56 Å². The van der Waals surface area contributed by atoms with Gasteiger partial charge in [-0.15, -0.1) is 0 Å².